The Morgan fingerprint density at radius 2 is 1.34 bits per heavy atom. The van der Waals surface area contributed by atoms with Crippen molar-refractivity contribution in [3.8, 4) is 5.75 Å². The Bertz CT molecular complexity index is 1170. The van der Waals surface area contributed by atoms with Crippen LogP contribution in [0.3, 0.4) is 0 Å². The van der Waals surface area contributed by atoms with Gasteiger partial charge in [0.15, 0.2) is 11.5 Å². The zero-order valence-electron chi connectivity index (χ0n) is 22.4. The van der Waals surface area contributed by atoms with E-state index in [0.717, 1.165) is 12.8 Å². The summed E-state index contributed by atoms with van der Waals surface area (Å²) in [5.41, 5.74) is 1.05. The summed E-state index contributed by atoms with van der Waals surface area (Å²) in [7, 11) is 0. The maximum absolute atomic E-state index is 12.7. The zero-order chi connectivity index (χ0) is 27.9. The van der Waals surface area contributed by atoms with Crippen LogP contribution >= 0.6 is 0 Å². The fraction of sp³-hybridized carbons (Fsp3) is 0.323. The third kappa shape index (κ3) is 8.47. The first-order valence-corrected chi connectivity index (χ1v) is 13.0. The third-order valence-electron chi connectivity index (χ3n) is 5.99. The number of carbonyl (C=O) groups is 3. The van der Waals surface area contributed by atoms with Crippen LogP contribution in [0.15, 0.2) is 72.8 Å². The van der Waals surface area contributed by atoms with Crippen molar-refractivity contribution < 1.29 is 29.3 Å². The fourth-order valence-electron chi connectivity index (χ4n) is 3.89. The van der Waals surface area contributed by atoms with Gasteiger partial charge in [-0.05, 0) is 44.5 Å². The molecule has 0 atom stereocenters. The van der Waals surface area contributed by atoms with Crippen molar-refractivity contribution in [3.63, 3.8) is 0 Å². The van der Waals surface area contributed by atoms with E-state index in [9.17, 15) is 24.6 Å². The van der Waals surface area contributed by atoms with Gasteiger partial charge in [0.25, 0.3) is 0 Å². The Labute approximate surface area is 224 Å². The van der Waals surface area contributed by atoms with Gasteiger partial charge < -0.3 is 19.8 Å². The molecular formula is C31H37NO6. The lowest BCUT2D eigenvalue weighted by Gasteiger charge is -2.23. The van der Waals surface area contributed by atoms with Gasteiger partial charge in [0, 0.05) is 18.7 Å². The van der Waals surface area contributed by atoms with E-state index in [1.54, 1.807) is 42.5 Å². The number of unbranched alkanes of at least 4 members (excludes halogenated alkanes) is 3. The Kier molecular flexibility index (Phi) is 12.6. The number of phenols is 1. The second kappa shape index (κ2) is 15.9. The molecule has 3 rings (SSSR count). The molecule has 0 bridgehead atoms. The number of rotatable bonds is 12. The SMILES string of the molecule is CCCCCCOC(=O)c1ccccc1.CCN(CC)c1ccc(C(=O)O)c(C(=O)c2ccccc2)c1O. The van der Waals surface area contributed by atoms with Gasteiger partial charge >= 0.3 is 11.9 Å². The van der Waals surface area contributed by atoms with Gasteiger partial charge in [0.05, 0.1) is 29.0 Å². The van der Waals surface area contributed by atoms with Crippen LogP contribution in [-0.2, 0) is 4.74 Å². The molecule has 0 aliphatic rings. The van der Waals surface area contributed by atoms with E-state index in [1.807, 2.05) is 36.9 Å². The van der Waals surface area contributed by atoms with Crippen LogP contribution in [0.25, 0.3) is 0 Å². The van der Waals surface area contributed by atoms with Crippen LogP contribution in [0.1, 0.15) is 83.1 Å². The minimum atomic E-state index is -1.24. The first-order chi connectivity index (χ1) is 18.3. The molecule has 0 aromatic heterocycles. The molecule has 0 radical (unpaired) electrons. The Morgan fingerprint density at radius 1 is 0.763 bits per heavy atom. The minimum absolute atomic E-state index is 0.173. The third-order valence-corrected chi connectivity index (χ3v) is 5.99. The highest BCUT2D eigenvalue weighted by molar-refractivity contribution is 6.16. The first kappa shape index (κ1) is 30.1. The monoisotopic (exact) mass is 519 g/mol. The highest BCUT2D eigenvalue weighted by Gasteiger charge is 2.25. The highest BCUT2D eigenvalue weighted by Crippen LogP contribution is 2.35. The lowest BCUT2D eigenvalue weighted by atomic mass is 9.96. The number of anilines is 1. The molecular weight excluding hydrogens is 482 g/mol. The number of carbonyl (C=O) groups excluding carboxylic acids is 2. The summed E-state index contributed by atoms with van der Waals surface area (Å²) < 4.78 is 5.14. The van der Waals surface area contributed by atoms with E-state index in [1.165, 1.54) is 25.0 Å². The number of carboxylic acids is 1. The van der Waals surface area contributed by atoms with Gasteiger partial charge in [-0.15, -0.1) is 0 Å². The molecule has 0 amide bonds. The molecule has 7 heteroatoms. The molecule has 7 nitrogen and oxygen atoms in total. The number of ether oxygens (including phenoxy) is 1. The molecule has 2 N–H and O–H groups in total. The smallest absolute Gasteiger partial charge is 0.338 e. The lowest BCUT2D eigenvalue weighted by Crippen LogP contribution is -2.23. The molecule has 0 spiro atoms. The topological polar surface area (TPSA) is 104 Å². The Balaban J connectivity index is 0.000000293. The number of nitrogens with zero attached hydrogens (tertiary/aromatic N) is 1. The van der Waals surface area contributed by atoms with Gasteiger partial charge in [0.2, 0.25) is 0 Å². The predicted molar refractivity (Wildman–Crippen MR) is 149 cm³/mol. The molecule has 0 fully saturated rings. The van der Waals surface area contributed by atoms with Crippen LogP contribution in [0.5, 0.6) is 5.75 Å². The maximum Gasteiger partial charge on any atom is 0.338 e. The number of benzene rings is 3. The molecule has 38 heavy (non-hydrogen) atoms. The van der Waals surface area contributed by atoms with Crippen LogP contribution in [0, 0.1) is 0 Å². The summed E-state index contributed by atoms with van der Waals surface area (Å²) in [6.07, 6.45) is 4.51. The number of aromatic hydroxyl groups is 1. The number of hydrogen-bond donors (Lipinski definition) is 2. The van der Waals surface area contributed by atoms with Crippen molar-refractivity contribution >= 4 is 23.4 Å². The van der Waals surface area contributed by atoms with Crippen LogP contribution < -0.4 is 4.90 Å². The average Bonchev–Trinajstić information content (AvgIpc) is 2.95. The molecule has 0 heterocycles. The maximum atomic E-state index is 12.7. The summed E-state index contributed by atoms with van der Waals surface area (Å²) in [4.78, 5) is 37.5. The van der Waals surface area contributed by atoms with E-state index in [4.69, 9.17) is 4.74 Å². The number of hydrogen-bond acceptors (Lipinski definition) is 6. The van der Waals surface area contributed by atoms with Gasteiger partial charge in [-0.25, -0.2) is 9.59 Å². The van der Waals surface area contributed by atoms with Crippen molar-refractivity contribution in [1.82, 2.24) is 0 Å². The van der Waals surface area contributed by atoms with Crippen LogP contribution in [-0.4, -0.2) is 47.6 Å². The molecule has 0 aliphatic carbocycles. The molecule has 0 saturated carbocycles. The standard InChI is InChI=1S/C18H19NO4.C13H18O2/c1-3-19(4-2)14-11-10-13(18(22)23)15(17(14)21)16(20)12-8-6-5-7-9-12;1-2-3-4-8-11-15-13(14)12-9-6-5-7-10-12/h5-11,21H,3-4H2,1-2H3,(H,22,23);5-7,9-10H,2-4,8,11H2,1H3. The predicted octanol–water partition coefficient (Wildman–Crippen LogP) is 6.59. The number of aromatic carboxylic acids is 1. The van der Waals surface area contributed by atoms with Crippen molar-refractivity contribution in [2.45, 2.75) is 46.5 Å². The van der Waals surface area contributed by atoms with Gasteiger partial charge in [0.1, 0.15) is 0 Å². The van der Waals surface area contributed by atoms with E-state index in [-0.39, 0.29) is 22.8 Å². The fourth-order valence-corrected chi connectivity index (χ4v) is 3.89. The summed E-state index contributed by atoms with van der Waals surface area (Å²) in [6, 6.07) is 20.4. The van der Waals surface area contributed by atoms with E-state index in [2.05, 4.69) is 6.92 Å². The van der Waals surface area contributed by atoms with Gasteiger partial charge in [-0.1, -0.05) is 74.7 Å². The molecule has 202 valence electrons. The number of esters is 1. The molecule has 3 aromatic carbocycles. The zero-order valence-corrected chi connectivity index (χ0v) is 22.4. The average molecular weight is 520 g/mol. The summed E-state index contributed by atoms with van der Waals surface area (Å²) >= 11 is 0. The quantitative estimate of drug-likeness (QED) is 0.158. The van der Waals surface area contributed by atoms with Gasteiger partial charge in [-0.2, -0.15) is 0 Å². The molecule has 3 aromatic rings. The number of ketones is 1. The van der Waals surface area contributed by atoms with Crippen molar-refractivity contribution in [2.75, 3.05) is 24.6 Å². The van der Waals surface area contributed by atoms with E-state index >= 15 is 0 Å². The van der Waals surface area contributed by atoms with Crippen molar-refractivity contribution in [3.05, 3.63) is 95.1 Å². The van der Waals surface area contributed by atoms with E-state index < -0.39 is 11.8 Å². The van der Waals surface area contributed by atoms with Crippen molar-refractivity contribution in [2.24, 2.45) is 0 Å². The van der Waals surface area contributed by atoms with E-state index in [0.29, 0.717) is 36.5 Å². The Morgan fingerprint density at radius 3 is 1.87 bits per heavy atom. The summed E-state index contributed by atoms with van der Waals surface area (Å²) in [6.45, 7) is 7.81. The number of carboxylic acid groups (broad SMARTS) is 1. The molecule has 0 saturated heterocycles. The minimum Gasteiger partial charge on any atom is -0.505 e. The number of phenolic OH excluding ortho intramolecular Hbond substituents is 1. The lowest BCUT2D eigenvalue weighted by molar-refractivity contribution is 0.0497. The second-order valence-corrected chi connectivity index (χ2v) is 8.59. The van der Waals surface area contributed by atoms with Crippen LogP contribution in [0.2, 0.25) is 0 Å². The second-order valence-electron chi connectivity index (χ2n) is 8.59. The van der Waals surface area contributed by atoms with Crippen LogP contribution in [0.4, 0.5) is 5.69 Å². The molecule has 0 unspecified atom stereocenters. The summed E-state index contributed by atoms with van der Waals surface area (Å²) in [5.74, 6) is -2.25. The van der Waals surface area contributed by atoms with Crippen molar-refractivity contribution in [1.29, 1.82) is 0 Å². The normalized spacial score (nSPS) is 10.2. The molecule has 0 aliphatic heterocycles. The van der Waals surface area contributed by atoms with Gasteiger partial charge in [-0.3, -0.25) is 4.79 Å². The first-order valence-electron chi connectivity index (χ1n) is 13.0. The largest absolute Gasteiger partial charge is 0.505 e. The highest BCUT2D eigenvalue weighted by atomic mass is 16.5. The Hall–Kier alpha value is -4.13. The summed E-state index contributed by atoms with van der Waals surface area (Å²) in [5, 5.41) is 19.9.